The van der Waals surface area contributed by atoms with E-state index in [0.29, 0.717) is 30.9 Å². The monoisotopic (exact) mass is 380 g/mol. The lowest BCUT2D eigenvalue weighted by molar-refractivity contribution is -0.126. The number of aryl methyl sites for hydroxylation is 1. The summed E-state index contributed by atoms with van der Waals surface area (Å²) in [6, 6.07) is 14.6. The fourth-order valence-corrected chi connectivity index (χ4v) is 3.26. The fourth-order valence-electron chi connectivity index (χ4n) is 3.26. The Balaban J connectivity index is 1.60. The third-order valence-corrected chi connectivity index (χ3v) is 4.90. The Morgan fingerprint density at radius 3 is 2.54 bits per heavy atom. The summed E-state index contributed by atoms with van der Waals surface area (Å²) < 4.78 is 4.96. The van der Waals surface area contributed by atoms with Crippen molar-refractivity contribution in [3.05, 3.63) is 65.2 Å². The maximum Gasteiger partial charge on any atom is 0.338 e. The van der Waals surface area contributed by atoms with Gasteiger partial charge in [0.15, 0.2) is 0 Å². The molecular weight excluding hydrogens is 356 g/mol. The van der Waals surface area contributed by atoms with Gasteiger partial charge in [0.2, 0.25) is 11.8 Å². The second kappa shape index (κ2) is 8.69. The van der Waals surface area contributed by atoms with Crippen LogP contribution in [0.2, 0.25) is 0 Å². The van der Waals surface area contributed by atoms with Gasteiger partial charge in [0.05, 0.1) is 18.1 Å². The van der Waals surface area contributed by atoms with Crippen LogP contribution in [0.15, 0.2) is 48.5 Å². The highest BCUT2D eigenvalue weighted by Crippen LogP contribution is 2.26. The number of nitrogens with zero attached hydrogens (tertiary/aromatic N) is 1. The van der Waals surface area contributed by atoms with Gasteiger partial charge in [-0.25, -0.2) is 4.79 Å². The summed E-state index contributed by atoms with van der Waals surface area (Å²) in [5.74, 6) is -1.00. The fraction of sp³-hybridized carbons (Fsp3) is 0.318. The van der Waals surface area contributed by atoms with Gasteiger partial charge in [-0.2, -0.15) is 0 Å². The first-order valence-corrected chi connectivity index (χ1v) is 9.39. The summed E-state index contributed by atoms with van der Waals surface area (Å²) in [4.78, 5) is 38.2. The Kier molecular flexibility index (Phi) is 6.09. The number of anilines is 1. The van der Waals surface area contributed by atoms with Crippen molar-refractivity contribution in [2.75, 3.05) is 18.1 Å². The highest BCUT2D eigenvalue weighted by Gasteiger charge is 2.35. The molecule has 1 unspecified atom stereocenters. The number of hydrogen-bond acceptors (Lipinski definition) is 4. The first kappa shape index (κ1) is 19.6. The summed E-state index contributed by atoms with van der Waals surface area (Å²) in [7, 11) is 0. The average molecular weight is 380 g/mol. The normalized spacial score (nSPS) is 16.1. The van der Waals surface area contributed by atoms with Crippen molar-refractivity contribution in [1.29, 1.82) is 0 Å². The zero-order valence-electron chi connectivity index (χ0n) is 16.1. The summed E-state index contributed by atoms with van der Waals surface area (Å²) in [5, 5.41) is 2.93. The number of esters is 1. The van der Waals surface area contributed by atoms with Gasteiger partial charge >= 0.3 is 5.97 Å². The van der Waals surface area contributed by atoms with Crippen molar-refractivity contribution in [3.63, 3.8) is 0 Å². The van der Waals surface area contributed by atoms with E-state index >= 15 is 0 Å². The number of carbonyl (C=O) groups is 3. The SMILES string of the molecule is CCOC(=O)c1ccc(N2CC(C(=O)NCc3ccccc3C)CC2=O)cc1. The van der Waals surface area contributed by atoms with E-state index in [9.17, 15) is 14.4 Å². The number of nitrogens with one attached hydrogen (secondary N) is 1. The maximum atomic E-state index is 12.5. The molecule has 1 aliphatic heterocycles. The van der Waals surface area contributed by atoms with Gasteiger partial charge in [-0.1, -0.05) is 24.3 Å². The van der Waals surface area contributed by atoms with Crippen LogP contribution < -0.4 is 10.2 Å². The standard InChI is InChI=1S/C22H24N2O4/c1-3-28-22(27)16-8-10-19(11-9-16)24-14-18(12-20(24)25)21(26)23-13-17-7-5-4-6-15(17)2/h4-11,18H,3,12-14H2,1-2H3,(H,23,26). The van der Waals surface area contributed by atoms with E-state index in [0.717, 1.165) is 11.1 Å². The largest absolute Gasteiger partial charge is 0.462 e. The number of benzene rings is 2. The van der Waals surface area contributed by atoms with Crippen LogP contribution in [0.1, 0.15) is 34.8 Å². The predicted octanol–water partition coefficient (Wildman–Crippen LogP) is 2.84. The van der Waals surface area contributed by atoms with Crippen molar-refractivity contribution < 1.29 is 19.1 Å². The summed E-state index contributed by atoms with van der Waals surface area (Å²) in [6.07, 6.45) is 0.180. The van der Waals surface area contributed by atoms with Gasteiger partial charge in [0.1, 0.15) is 0 Å². The molecule has 0 aromatic heterocycles. The summed E-state index contributed by atoms with van der Waals surface area (Å²) in [6.45, 7) is 4.84. The molecule has 1 atom stereocenters. The van der Waals surface area contributed by atoms with Crippen LogP contribution in [-0.4, -0.2) is 30.9 Å². The van der Waals surface area contributed by atoms with Crippen LogP contribution in [0.4, 0.5) is 5.69 Å². The Morgan fingerprint density at radius 2 is 1.86 bits per heavy atom. The van der Waals surface area contributed by atoms with E-state index in [1.54, 1.807) is 36.1 Å². The van der Waals surface area contributed by atoms with Gasteiger partial charge in [0.25, 0.3) is 0 Å². The second-order valence-corrected chi connectivity index (χ2v) is 6.82. The lowest BCUT2D eigenvalue weighted by atomic mass is 10.1. The minimum atomic E-state index is -0.393. The molecule has 28 heavy (non-hydrogen) atoms. The predicted molar refractivity (Wildman–Crippen MR) is 106 cm³/mol. The molecule has 0 saturated carbocycles. The Bertz CT molecular complexity index is 876. The third-order valence-electron chi connectivity index (χ3n) is 4.90. The van der Waals surface area contributed by atoms with E-state index in [1.807, 2.05) is 31.2 Å². The van der Waals surface area contributed by atoms with Gasteiger partial charge in [-0.05, 0) is 49.2 Å². The minimum Gasteiger partial charge on any atom is -0.462 e. The molecule has 6 nitrogen and oxygen atoms in total. The van der Waals surface area contributed by atoms with Crippen molar-refractivity contribution >= 4 is 23.5 Å². The molecule has 2 aromatic carbocycles. The molecule has 146 valence electrons. The van der Waals surface area contributed by atoms with Gasteiger partial charge in [0, 0.05) is 25.2 Å². The Labute approximate surface area is 164 Å². The average Bonchev–Trinajstić information content (AvgIpc) is 3.09. The molecule has 6 heteroatoms. The lowest BCUT2D eigenvalue weighted by Gasteiger charge is -2.17. The lowest BCUT2D eigenvalue weighted by Crippen LogP contribution is -2.32. The highest BCUT2D eigenvalue weighted by molar-refractivity contribution is 6.00. The topological polar surface area (TPSA) is 75.7 Å². The number of rotatable bonds is 6. The van der Waals surface area contributed by atoms with Gasteiger partial charge in [-0.3, -0.25) is 9.59 Å². The van der Waals surface area contributed by atoms with Crippen LogP contribution in [0.25, 0.3) is 0 Å². The molecule has 0 spiro atoms. The number of ether oxygens (including phenoxy) is 1. The van der Waals surface area contributed by atoms with E-state index in [1.165, 1.54) is 0 Å². The maximum absolute atomic E-state index is 12.5. The van der Waals surface area contributed by atoms with Crippen LogP contribution >= 0.6 is 0 Å². The summed E-state index contributed by atoms with van der Waals surface area (Å²) >= 11 is 0. The smallest absolute Gasteiger partial charge is 0.338 e. The molecule has 0 aliphatic carbocycles. The minimum absolute atomic E-state index is 0.0973. The molecule has 1 aliphatic rings. The highest BCUT2D eigenvalue weighted by atomic mass is 16.5. The Hall–Kier alpha value is -3.15. The van der Waals surface area contributed by atoms with E-state index < -0.39 is 5.97 Å². The van der Waals surface area contributed by atoms with Crippen molar-refractivity contribution in [2.45, 2.75) is 26.8 Å². The zero-order valence-corrected chi connectivity index (χ0v) is 16.1. The van der Waals surface area contributed by atoms with Crippen LogP contribution in [-0.2, 0) is 20.9 Å². The van der Waals surface area contributed by atoms with Crippen molar-refractivity contribution in [1.82, 2.24) is 5.32 Å². The van der Waals surface area contributed by atoms with E-state index in [4.69, 9.17) is 4.74 Å². The number of amides is 2. The molecular formula is C22H24N2O4. The van der Waals surface area contributed by atoms with Crippen molar-refractivity contribution in [2.24, 2.45) is 5.92 Å². The van der Waals surface area contributed by atoms with E-state index in [-0.39, 0.29) is 24.2 Å². The molecule has 1 fully saturated rings. The van der Waals surface area contributed by atoms with Crippen LogP contribution in [0.3, 0.4) is 0 Å². The Morgan fingerprint density at radius 1 is 1.14 bits per heavy atom. The van der Waals surface area contributed by atoms with Crippen LogP contribution in [0, 0.1) is 12.8 Å². The molecule has 1 N–H and O–H groups in total. The molecule has 2 aromatic rings. The second-order valence-electron chi connectivity index (χ2n) is 6.82. The first-order chi connectivity index (χ1) is 13.5. The quantitative estimate of drug-likeness (QED) is 0.782. The van der Waals surface area contributed by atoms with Gasteiger partial charge in [-0.15, -0.1) is 0 Å². The zero-order chi connectivity index (χ0) is 20.1. The molecule has 1 saturated heterocycles. The van der Waals surface area contributed by atoms with Gasteiger partial charge < -0.3 is 15.0 Å². The molecule has 1 heterocycles. The number of carbonyl (C=O) groups excluding carboxylic acids is 3. The number of hydrogen-bond donors (Lipinski definition) is 1. The van der Waals surface area contributed by atoms with E-state index in [2.05, 4.69) is 5.32 Å². The van der Waals surface area contributed by atoms with Crippen LogP contribution in [0.5, 0.6) is 0 Å². The molecule has 3 rings (SSSR count). The molecule has 0 radical (unpaired) electrons. The third kappa shape index (κ3) is 4.39. The first-order valence-electron chi connectivity index (χ1n) is 9.39. The molecule has 2 amide bonds. The molecule has 0 bridgehead atoms. The van der Waals surface area contributed by atoms with Crippen molar-refractivity contribution in [3.8, 4) is 0 Å². The summed E-state index contributed by atoms with van der Waals surface area (Å²) in [5.41, 5.74) is 3.29.